The summed E-state index contributed by atoms with van der Waals surface area (Å²) >= 11 is 0. The Labute approximate surface area is 165 Å². The van der Waals surface area contributed by atoms with E-state index in [4.69, 9.17) is 4.74 Å². The van der Waals surface area contributed by atoms with Crippen molar-refractivity contribution in [3.8, 4) is 5.75 Å². The van der Waals surface area contributed by atoms with Gasteiger partial charge in [-0.2, -0.15) is 0 Å². The lowest BCUT2D eigenvalue weighted by Crippen LogP contribution is -2.43. The molecule has 0 aromatic heterocycles. The third kappa shape index (κ3) is 7.65. The van der Waals surface area contributed by atoms with Gasteiger partial charge in [0.2, 0.25) is 5.91 Å². The molecule has 0 bridgehead atoms. The first-order valence-corrected chi connectivity index (χ1v) is 9.25. The maximum atomic E-state index is 13.6. The standard InChI is InChI=1S/C21H27FN4O2/c1-16(28-19-11-7-6-10-18(19)22)14-26-21(23-2)24-13-12-20(27)25-15-17-8-4-3-5-9-17/h3-11,16H,12-15H2,1-2H3,(H,25,27)(H2,23,24,26). The highest BCUT2D eigenvalue weighted by atomic mass is 19.1. The quantitative estimate of drug-likeness (QED) is 0.457. The third-order valence-corrected chi connectivity index (χ3v) is 3.92. The van der Waals surface area contributed by atoms with Gasteiger partial charge in [0.25, 0.3) is 0 Å². The van der Waals surface area contributed by atoms with Crippen LogP contribution < -0.4 is 20.7 Å². The second kappa shape index (κ2) is 11.6. The van der Waals surface area contributed by atoms with Gasteiger partial charge in [-0.3, -0.25) is 9.79 Å². The Kier molecular flexibility index (Phi) is 8.78. The van der Waals surface area contributed by atoms with Crippen molar-refractivity contribution in [2.75, 3.05) is 20.1 Å². The maximum absolute atomic E-state index is 13.6. The summed E-state index contributed by atoms with van der Waals surface area (Å²) in [5.74, 6) is 0.344. The van der Waals surface area contributed by atoms with Gasteiger partial charge in [-0.25, -0.2) is 4.39 Å². The van der Waals surface area contributed by atoms with Crippen molar-refractivity contribution in [3.63, 3.8) is 0 Å². The van der Waals surface area contributed by atoms with E-state index < -0.39 is 5.82 Å². The van der Waals surface area contributed by atoms with Crippen LogP contribution in [0.3, 0.4) is 0 Å². The number of guanidine groups is 1. The van der Waals surface area contributed by atoms with Crippen molar-refractivity contribution >= 4 is 11.9 Å². The molecule has 1 amide bonds. The van der Waals surface area contributed by atoms with Crippen LogP contribution in [0.15, 0.2) is 59.6 Å². The average molecular weight is 386 g/mol. The van der Waals surface area contributed by atoms with E-state index in [1.54, 1.807) is 25.2 Å². The fourth-order valence-corrected chi connectivity index (χ4v) is 2.44. The number of amides is 1. The predicted octanol–water partition coefficient (Wildman–Crippen LogP) is 2.46. The minimum absolute atomic E-state index is 0.0388. The normalized spacial score (nSPS) is 12.2. The van der Waals surface area contributed by atoms with Crippen LogP contribution in [0.25, 0.3) is 0 Å². The Balaban J connectivity index is 1.64. The van der Waals surface area contributed by atoms with Crippen molar-refractivity contribution in [2.24, 2.45) is 4.99 Å². The van der Waals surface area contributed by atoms with Crippen LogP contribution in [-0.4, -0.2) is 38.1 Å². The van der Waals surface area contributed by atoms with Crippen LogP contribution in [0.1, 0.15) is 18.9 Å². The molecule has 0 heterocycles. The number of halogens is 1. The van der Waals surface area contributed by atoms with Crippen molar-refractivity contribution in [1.29, 1.82) is 0 Å². The lowest BCUT2D eigenvalue weighted by atomic mass is 10.2. The van der Waals surface area contributed by atoms with Crippen LogP contribution in [0.5, 0.6) is 5.75 Å². The number of para-hydroxylation sites is 1. The topological polar surface area (TPSA) is 74.8 Å². The SMILES string of the molecule is CN=C(NCCC(=O)NCc1ccccc1)NCC(C)Oc1ccccc1F. The third-order valence-electron chi connectivity index (χ3n) is 3.92. The fraction of sp³-hybridized carbons (Fsp3) is 0.333. The van der Waals surface area contributed by atoms with Gasteiger partial charge >= 0.3 is 0 Å². The smallest absolute Gasteiger partial charge is 0.222 e. The molecular formula is C21H27FN4O2. The molecule has 0 fully saturated rings. The zero-order valence-electron chi connectivity index (χ0n) is 16.2. The molecule has 0 aliphatic carbocycles. The summed E-state index contributed by atoms with van der Waals surface area (Å²) in [6.45, 7) is 3.23. The maximum Gasteiger partial charge on any atom is 0.222 e. The molecule has 2 aromatic carbocycles. The lowest BCUT2D eigenvalue weighted by molar-refractivity contribution is -0.121. The number of hydrogen-bond acceptors (Lipinski definition) is 3. The molecule has 0 spiro atoms. The highest BCUT2D eigenvalue weighted by Crippen LogP contribution is 2.16. The first-order valence-electron chi connectivity index (χ1n) is 9.25. The van der Waals surface area contributed by atoms with E-state index in [1.165, 1.54) is 6.07 Å². The van der Waals surface area contributed by atoms with Gasteiger partial charge in [0.15, 0.2) is 17.5 Å². The van der Waals surface area contributed by atoms with Crippen LogP contribution in [0.4, 0.5) is 4.39 Å². The summed E-state index contributed by atoms with van der Waals surface area (Å²) in [6, 6.07) is 16.0. The van der Waals surface area contributed by atoms with Gasteiger partial charge in [0.05, 0.1) is 6.54 Å². The van der Waals surface area contributed by atoms with E-state index in [0.717, 1.165) is 5.56 Å². The molecule has 0 radical (unpaired) electrons. The first-order chi connectivity index (χ1) is 13.6. The monoisotopic (exact) mass is 386 g/mol. The van der Waals surface area contributed by atoms with Crippen molar-refractivity contribution < 1.29 is 13.9 Å². The Hall–Kier alpha value is -3.09. The fourth-order valence-electron chi connectivity index (χ4n) is 2.44. The van der Waals surface area contributed by atoms with Gasteiger partial charge in [0, 0.05) is 26.6 Å². The minimum Gasteiger partial charge on any atom is -0.486 e. The van der Waals surface area contributed by atoms with E-state index in [9.17, 15) is 9.18 Å². The lowest BCUT2D eigenvalue weighted by Gasteiger charge is -2.18. The molecule has 2 aromatic rings. The molecule has 1 atom stereocenters. The zero-order valence-corrected chi connectivity index (χ0v) is 16.2. The van der Waals surface area contributed by atoms with Crippen LogP contribution in [-0.2, 0) is 11.3 Å². The number of nitrogens with zero attached hydrogens (tertiary/aromatic N) is 1. The average Bonchev–Trinajstić information content (AvgIpc) is 2.71. The summed E-state index contributed by atoms with van der Waals surface area (Å²) in [5.41, 5.74) is 1.06. The number of aliphatic imine (C=N–C) groups is 1. The largest absolute Gasteiger partial charge is 0.486 e. The Morgan fingerprint density at radius 3 is 2.50 bits per heavy atom. The number of carbonyl (C=O) groups excluding carboxylic acids is 1. The van der Waals surface area contributed by atoms with E-state index in [1.807, 2.05) is 37.3 Å². The summed E-state index contributed by atoms with van der Waals surface area (Å²) in [7, 11) is 1.65. The van der Waals surface area contributed by atoms with Gasteiger partial charge in [-0.15, -0.1) is 0 Å². The van der Waals surface area contributed by atoms with E-state index in [0.29, 0.717) is 32.0 Å². The Bertz CT molecular complexity index is 768. The molecule has 28 heavy (non-hydrogen) atoms. The molecule has 1 unspecified atom stereocenters. The predicted molar refractivity (Wildman–Crippen MR) is 109 cm³/mol. The van der Waals surface area contributed by atoms with Crippen LogP contribution in [0, 0.1) is 5.82 Å². The van der Waals surface area contributed by atoms with Crippen molar-refractivity contribution in [1.82, 2.24) is 16.0 Å². The minimum atomic E-state index is -0.390. The van der Waals surface area contributed by atoms with E-state index >= 15 is 0 Å². The molecule has 0 saturated carbocycles. The van der Waals surface area contributed by atoms with Gasteiger partial charge in [0.1, 0.15) is 6.10 Å². The molecule has 0 saturated heterocycles. The number of rotatable bonds is 9. The number of hydrogen-bond donors (Lipinski definition) is 3. The summed E-state index contributed by atoms with van der Waals surface area (Å²) < 4.78 is 19.2. The highest BCUT2D eigenvalue weighted by molar-refractivity contribution is 5.81. The van der Waals surface area contributed by atoms with Crippen molar-refractivity contribution in [3.05, 3.63) is 66.0 Å². The molecule has 0 aliphatic rings. The van der Waals surface area contributed by atoms with E-state index in [-0.39, 0.29) is 17.8 Å². The van der Waals surface area contributed by atoms with Gasteiger partial charge < -0.3 is 20.7 Å². The highest BCUT2D eigenvalue weighted by Gasteiger charge is 2.09. The number of carbonyl (C=O) groups is 1. The van der Waals surface area contributed by atoms with Gasteiger partial charge in [-0.1, -0.05) is 42.5 Å². The second-order valence-electron chi connectivity index (χ2n) is 6.25. The number of ether oxygens (including phenoxy) is 1. The van der Waals surface area contributed by atoms with Crippen LogP contribution in [0.2, 0.25) is 0 Å². The molecular weight excluding hydrogens is 359 g/mol. The molecule has 7 heteroatoms. The second-order valence-corrected chi connectivity index (χ2v) is 6.25. The Morgan fingerprint density at radius 2 is 1.79 bits per heavy atom. The number of benzene rings is 2. The molecule has 3 N–H and O–H groups in total. The van der Waals surface area contributed by atoms with Crippen LogP contribution >= 0.6 is 0 Å². The Morgan fingerprint density at radius 1 is 1.07 bits per heavy atom. The molecule has 2 rings (SSSR count). The number of nitrogens with one attached hydrogen (secondary N) is 3. The summed E-state index contributed by atoms with van der Waals surface area (Å²) in [4.78, 5) is 16.0. The summed E-state index contributed by atoms with van der Waals surface area (Å²) in [6.07, 6.45) is 0.0686. The molecule has 150 valence electrons. The zero-order chi connectivity index (χ0) is 20.2. The van der Waals surface area contributed by atoms with E-state index in [2.05, 4.69) is 20.9 Å². The first kappa shape index (κ1) is 21.2. The van der Waals surface area contributed by atoms with Gasteiger partial charge in [-0.05, 0) is 24.6 Å². The summed E-state index contributed by atoms with van der Waals surface area (Å²) in [5, 5.41) is 9.06. The van der Waals surface area contributed by atoms with Crippen molar-refractivity contribution in [2.45, 2.75) is 26.0 Å². The molecule has 6 nitrogen and oxygen atoms in total. The molecule has 0 aliphatic heterocycles.